The molecule has 0 unspecified atom stereocenters. The number of nitrogens with zero attached hydrogens (tertiary/aromatic N) is 2. The van der Waals surface area contributed by atoms with Crippen LogP contribution >= 0.6 is 11.9 Å². The van der Waals surface area contributed by atoms with Gasteiger partial charge in [0.2, 0.25) is 6.41 Å². The molecule has 7 heteroatoms. The van der Waals surface area contributed by atoms with Crippen molar-refractivity contribution in [3.05, 3.63) is 102 Å². The topological polar surface area (TPSA) is 56.1 Å². The van der Waals surface area contributed by atoms with Gasteiger partial charge in [0, 0.05) is 24.3 Å². The summed E-state index contributed by atoms with van der Waals surface area (Å²) < 4.78 is 20.0. The first-order valence-corrected chi connectivity index (χ1v) is 12.0. The fourth-order valence-corrected chi connectivity index (χ4v) is 4.35. The van der Waals surface area contributed by atoms with Crippen LogP contribution in [0.1, 0.15) is 41.3 Å². The monoisotopic (exact) mass is 479 g/mol. The highest BCUT2D eigenvalue weighted by Gasteiger charge is 2.18. The van der Waals surface area contributed by atoms with Gasteiger partial charge in [0.15, 0.2) is 0 Å². The van der Waals surface area contributed by atoms with Crippen molar-refractivity contribution in [2.75, 3.05) is 13.2 Å². The molecule has 3 aromatic rings. The van der Waals surface area contributed by atoms with Gasteiger partial charge in [-0.1, -0.05) is 36.4 Å². The zero-order valence-corrected chi connectivity index (χ0v) is 20.1. The Morgan fingerprint density at radius 2 is 2.00 bits per heavy atom. The third-order valence-electron chi connectivity index (χ3n) is 5.31. The van der Waals surface area contributed by atoms with Crippen LogP contribution in [0, 0.1) is 12.7 Å². The van der Waals surface area contributed by atoms with Gasteiger partial charge in [-0.25, -0.2) is 4.39 Å². The van der Waals surface area contributed by atoms with Gasteiger partial charge in [0.05, 0.1) is 24.1 Å². The van der Waals surface area contributed by atoms with Gasteiger partial charge >= 0.3 is 0 Å². The van der Waals surface area contributed by atoms with Crippen molar-refractivity contribution in [2.24, 2.45) is 0 Å². The normalized spacial score (nSPS) is 13.8. The van der Waals surface area contributed by atoms with Crippen molar-refractivity contribution < 1.29 is 13.9 Å². The largest absolute Gasteiger partial charge is 0.381 e. The van der Waals surface area contributed by atoms with Gasteiger partial charge in [-0.2, -0.15) is 0 Å². The molecule has 0 spiro atoms. The quantitative estimate of drug-likeness (QED) is 0.322. The van der Waals surface area contributed by atoms with E-state index >= 15 is 0 Å². The first-order chi connectivity index (χ1) is 16.6. The predicted octanol–water partition coefficient (Wildman–Crippen LogP) is 5.91. The highest BCUT2D eigenvalue weighted by atomic mass is 32.2. The van der Waals surface area contributed by atoms with E-state index in [1.165, 1.54) is 33.8 Å². The number of carbonyl (C=O) groups is 1. The number of hydrogen-bond donors (Lipinski definition) is 1. The second-order valence-electron chi connectivity index (χ2n) is 7.88. The summed E-state index contributed by atoms with van der Waals surface area (Å²) in [6.45, 7) is 7.98. The van der Waals surface area contributed by atoms with Crippen LogP contribution in [-0.2, 0) is 16.1 Å². The van der Waals surface area contributed by atoms with Crippen LogP contribution in [0.15, 0.2) is 78.5 Å². The molecule has 5 nitrogen and oxygen atoms in total. The van der Waals surface area contributed by atoms with Crippen LogP contribution in [0.5, 0.6) is 0 Å². The van der Waals surface area contributed by atoms with E-state index in [4.69, 9.17) is 4.74 Å². The van der Waals surface area contributed by atoms with Gasteiger partial charge < -0.3 is 10.1 Å². The lowest BCUT2D eigenvalue weighted by Crippen LogP contribution is -2.13. The van der Waals surface area contributed by atoms with E-state index in [-0.39, 0.29) is 5.82 Å². The van der Waals surface area contributed by atoms with Crippen LogP contribution in [0.2, 0.25) is 0 Å². The second-order valence-corrected chi connectivity index (χ2v) is 8.92. The van der Waals surface area contributed by atoms with Gasteiger partial charge in [0.25, 0.3) is 0 Å². The lowest BCUT2D eigenvalue weighted by molar-refractivity contribution is -0.109. The summed E-state index contributed by atoms with van der Waals surface area (Å²) in [4.78, 5) is 14.8. The first-order valence-electron chi connectivity index (χ1n) is 11.2. The number of amides is 1. The molecule has 0 radical (unpaired) electrons. The van der Waals surface area contributed by atoms with Crippen molar-refractivity contribution in [2.45, 2.75) is 37.1 Å². The van der Waals surface area contributed by atoms with Crippen molar-refractivity contribution in [3.8, 4) is 0 Å². The SMILES string of the molecule is C=C/C=C\c1cc(C2CCOCC2)cn1Sc1ccc(C)cc1.O=CNCc1ccc(F)cn1. The second kappa shape index (κ2) is 13.5. The molecule has 1 N–H and O–H groups in total. The minimum absolute atomic E-state index is 0.337. The molecular formula is C27H30FN3O2S. The third-order valence-corrected chi connectivity index (χ3v) is 6.31. The summed E-state index contributed by atoms with van der Waals surface area (Å²) in [5.74, 6) is 0.236. The lowest BCUT2D eigenvalue weighted by Gasteiger charge is -2.20. The number of benzene rings is 1. The summed E-state index contributed by atoms with van der Waals surface area (Å²) in [6, 6.07) is 13.8. The summed E-state index contributed by atoms with van der Waals surface area (Å²) >= 11 is 1.76. The maximum absolute atomic E-state index is 12.3. The van der Waals surface area contributed by atoms with E-state index in [1.54, 1.807) is 11.9 Å². The Labute approximate surface area is 204 Å². The average molecular weight is 480 g/mol. The highest BCUT2D eigenvalue weighted by Crippen LogP contribution is 2.32. The molecule has 178 valence electrons. The molecule has 1 aliphatic heterocycles. The molecule has 0 atom stereocenters. The maximum Gasteiger partial charge on any atom is 0.207 e. The van der Waals surface area contributed by atoms with Crippen LogP contribution in [0.4, 0.5) is 4.39 Å². The number of ether oxygens (including phenoxy) is 1. The molecule has 1 amide bonds. The van der Waals surface area contributed by atoms with Crippen molar-refractivity contribution >= 4 is 24.4 Å². The summed E-state index contributed by atoms with van der Waals surface area (Å²) in [7, 11) is 0. The Bertz CT molecular complexity index is 1070. The van der Waals surface area contributed by atoms with E-state index in [1.807, 2.05) is 12.2 Å². The van der Waals surface area contributed by atoms with E-state index < -0.39 is 0 Å². The Kier molecular flexibility index (Phi) is 10.1. The minimum Gasteiger partial charge on any atom is -0.381 e. The van der Waals surface area contributed by atoms with Crippen LogP contribution in [0.25, 0.3) is 6.08 Å². The minimum atomic E-state index is -0.375. The number of nitrogens with one attached hydrogen (secondary N) is 1. The molecule has 1 aliphatic rings. The van der Waals surface area contributed by atoms with Crippen LogP contribution in [0.3, 0.4) is 0 Å². The number of carbonyl (C=O) groups excluding carboxylic acids is 1. The van der Waals surface area contributed by atoms with Gasteiger partial charge in [-0.15, -0.1) is 0 Å². The maximum atomic E-state index is 12.3. The molecule has 0 bridgehead atoms. The molecule has 1 fully saturated rings. The fourth-order valence-electron chi connectivity index (χ4n) is 3.47. The third kappa shape index (κ3) is 8.01. The molecule has 0 aliphatic carbocycles. The van der Waals surface area contributed by atoms with Gasteiger partial charge in [-0.05, 0) is 79.6 Å². The molecule has 0 saturated carbocycles. The van der Waals surface area contributed by atoms with E-state index in [0.29, 0.717) is 24.6 Å². The molecular weight excluding hydrogens is 449 g/mol. The molecule has 4 rings (SSSR count). The number of halogens is 1. The summed E-state index contributed by atoms with van der Waals surface area (Å²) in [6.07, 6.45) is 12.1. The number of hydrogen-bond acceptors (Lipinski definition) is 4. The molecule has 1 saturated heterocycles. The zero-order chi connectivity index (χ0) is 24.2. The van der Waals surface area contributed by atoms with E-state index in [0.717, 1.165) is 32.3 Å². The predicted molar refractivity (Wildman–Crippen MR) is 136 cm³/mol. The standard InChI is InChI=1S/C20H23NOS.C7H7FN2O/c1-3-4-5-19-14-18(17-10-12-22-13-11-17)15-21(19)23-20-8-6-16(2)7-9-20;8-6-1-2-7(10-3-6)4-9-5-11/h3-9,14-15,17H,1,10-13H2,2H3;1-3,5H,4H2,(H,9,11)/b5-4-;. The Morgan fingerprint density at radius 1 is 1.24 bits per heavy atom. The number of aromatic nitrogens is 2. The van der Waals surface area contributed by atoms with Crippen molar-refractivity contribution in [1.29, 1.82) is 0 Å². The number of allylic oxidation sites excluding steroid dienone is 2. The molecule has 2 aromatic heterocycles. The van der Waals surface area contributed by atoms with Gasteiger partial charge in [0.1, 0.15) is 5.82 Å². The van der Waals surface area contributed by atoms with Crippen molar-refractivity contribution in [1.82, 2.24) is 14.3 Å². The Morgan fingerprint density at radius 3 is 2.65 bits per heavy atom. The lowest BCUT2D eigenvalue weighted by atomic mass is 9.94. The fraction of sp³-hybridized carbons (Fsp3) is 0.259. The molecule has 1 aromatic carbocycles. The number of aryl methyl sites for hydroxylation is 1. The smallest absolute Gasteiger partial charge is 0.207 e. The van der Waals surface area contributed by atoms with Gasteiger partial charge in [-0.3, -0.25) is 13.8 Å². The number of pyridine rings is 1. The number of rotatable bonds is 8. The Hall–Kier alpha value is -3.16. The zero-order valence-electron chi connectivity index (χ0n) is 19.3. The van der Waals surface area contributed by atoms with Crippen LogP contribution in [-0.4, -0.2) is 28.6 Å². The molecule has 34 heavy (non-hydrogen) atoms. The van der Waals surface area contributed by atoms with Crippen LogP contribution < -0.4 is 5.32 Å². The van der Waals surface area contributed by atoms with Crippen molar-refractivity contribution in [3.63, 3.8) is 0 Å². The summed E-state index contributed by atoms with van der Waals surface area (Å²) in [5, 5.41) is 2.42. The Balaban J connectivity index is 0.000000248. The van der Waals surface area contributed by atoms with E-state index in [9.17, 15) is 9.18 Å². The highest BCUT2D eigenvalue weighted by molar-refractivity contribution is 7.97. The first kappa shape index (κ1) is 25.5. The molecule has 3 heterocycles. The summed E-state index contributed by atoms with van der Waals surface area (Å²) in [5.41, 5.74) is 4.55. The average Bonchev–Trinajstić information content (AvgIpc) is 3.27. The van der Waals surface area contributed by atoms with E-state index in [2.05, 4.69) is 70.4 Å².